The van der Waals surface area contributed by atoms with E-state index in [-0.39, 0.29) is 12.8 Å². The molecule has 0 aromatic carbocycles. The summed E-state index contributed by atoms with van der Waals surface area (Å²) in [6, 6.07) is 0. The second kappa shape index (κ2) is 15.8. The Balaban J connectivity index is 3.85. The first kappa shape index (κ1) is 23.3. The van der Waals surface area contributed by atoms with Gasteiger partial charge in [0.1, 0.15) is 5.78 Å². The number of aliphatic hydroxyl groups excluding tert-OH is 2. The maximum Gasteiger partial charge on any atom is 0.303 e. The van der Waals surface area contributed by atoms with E-state index < -0.39 is 18.2 Å². The average molecular weight is 352 g/mol. The highest BCUT2D eigenvalue weighted by Crippen LogP contribution is 2.07. The summed E-state index contributed by atoms with van der Waals surface area (Å²) in [6.07, 6.45) is 14.2. The van der Waals surface area contributed by atoms with Crippen molar-refractivity contribution in [3.63, 3.8) is 0 Å². The maximum atomic E-state index is 11.6. The van der Waals surface area contributed by atoms with Crippen LogP contribution in [0.15, 0.2) is 36.5 Å². The smallest absolute Gasteiger partial charge is 0.303 e. The Morgan fingerprint density at radius 1 is 0.920 bits per heavy atom. The minimum Gasteiger partial charge on any atom is -0.481 e. The van der Waals surface area contributed by atoms with Gasteiger partial charge in [0.25, 0.3) is 0 Å². The lowest BCUT2D eigenvalue weighted by Gasteiger charge is -2.13. The fourth-order valence-corrected chi connectivity index (χ4v) is 2.18. The Hall–Kier alpha value is -1.72. The van der Waals surface area contributed by atoms with Crippen molar-refractivity contribution in [1.29, 1.82) is 0 Å². The number of aliphatic hydroxyl groups is 2. The quantitative estimate of drug-likeness (QED) is 0.309. The summed E-state index contributed by atoms with van der Waals surface area (Å²) < 4.78 is 0. The summed E-state index contributed by atoms with van der Waals surface area (Å²) in [4.78, 5) is 21.9. The minimum atomic E-state index is -1.01. The summed E-state index contributed by atoms with van der Waals surface area (Å²) in [7, 11) is 0. The second-order valence-corrected chi connectivity index (χ2v) is 6.08. The van der Waals surface area contributed by atoms with E-state index in [2.05, 4.69) is 6.92 Å². The molecule has 0 amide bonds. The Morgan fingerprint density at radius 3 is 2.32 bits per heavy atom. The number of aliphatic carboxylic acids is 1. The molecule has 0 aliphatic rings. The Kier molecular flexibility index (Phi) is 14.7. The van der Waals surface area contributed by atoms with Crippen LogP contribution in [0.2, 0.25) is 0 Å². The molecule has 0 aromatic heterocycles. The molecule has 0 heterocycles. The lowest BCUT2D eigenvalue weighted by molar-refractivity contribution is -0.137. The van der Waals surface area contributed by atoms with Crippen LogP contribution in [0.5, 0.6) is 0 Å². The van der Waals surface area contributed by atoms with Gasteiger partial charge in [-0.1, -0.05) is 56.2 Å². The molecule has 3 N–H and O–H groups in total. The number of carbonyl (C=O) groups is 2. The van der Waals surface area contributed by atoms with Gasteiger partial charge < -0.3 is 15.3 Å². The standard InChI is InChI=1S/C20H32O5/c1-2-3-8-12-17(21)13-9-6-4-5-7-10-14-18(22)19(23)15-11-16-20(24)25/h4-7,10,14,18-19,22-23H,2-3,8-9,11-13,15-16H2,1H3,(H,24,25)/b6-4-,7-5+,14-10+/t18-,19+/m1/s1. The van der Waals surface area contributed by atoms with Gasteiger partial charge in [-0.25, -0.2) is 0 Å². The summed E-state index contributed by atoms with van der Waals surface area (Å²) in [5, 5.41) is 27.9. The summed E-state index contributed by atoms with van der Waals surface area (Å²) >= 11 is 0. The van der Waals surface area contributed by atoms with Crippen molar-refractivity contribution >= 4 is 11.8 Å². The third-order valence-corrected chi connectivity index (χ3v) is 3.71. The zero-order valence-corrected chi connectivity index (χ0v) is 15.1. The highest BCUT2D eigenvalue weighted by atomic mass is 16.4. The molecule has 0 radical (unpaired) electrons. The molecule has 0 rings (SSSR count). The van der Waals surface area contributed by atoms with Gasteiger partial charge >= 0.3 is 5.97 Å². The van der Waals surface area contributed by atoms with Crippen LogP contribution in [0.3, 0.4) is 0 Å². The van der Waals surface area contributed by atoms with E-state index in [0.717, 1.165) is 25.7 Å². The number of carboxylic acids is 1. The third-order valence-electron chi connectivity index (χ3n) is 3.71. The van der Waals surface area contributed by atoms with Crippen LogP contribution in [0.4, 0.5) is 0 Å². The molecule has 0 aliphatic heterocycles. The largest absolute Gasteiger partial charge is 0.481 e. The molecule has 0 saturated carbocycles. The van der Waals surface area contributed by atoms with Gasteiger partial charge in [-0.15, -0.1) is 0 Å². The van der Waals surface area contributed by atoms with Gasteiger partial charge in [0.05, 0.1) is 12.2 Å². The number of rotatable bonds is 15. The van der Waals surface area contributed by atoms with Crippen LogP contribution in [0, 0.1) is 0 Å². The molecule has 0 aliphatic carbocycles. The SMILES string of the molecule is CCCCCC(=O)CC\C=C/C=C/C=C/[C@@H](O)[C@@H](O)CCCC(=O)O. The van der Waals surface area contributed by atoms with Crippen molar-refractivity contribution in [2.45, 2.75) is 76.9 Å². The fraction of sp³-hybridized carbons (Fsp3) is 0.600. The molecule has 25 heavy (non-hydrogen) atoms. The molecule has 0 bridgehead atoms. The van der Waals surface area contributed by atoms with Crippen LogP contribution >= 0.6 is 0 Å². The van der Waals surface area contributed by atoms with Gasteiger partial charge in [0, 0.05) is 19.3 Å². The molecule has 0 saturated heterocycles. The van der Waals surface area contributed by atoms with Crippen molar-refractivity contribution in [2.24, 2.45) is 0 Å². The Morgan fingerprint density at radius 2 is 1.64 bits per heavy atom. The molecule has 5 nitrogen and oxygen atoms in total. The minimum absolute atomic E-state index is 0.0146. The van der Waals surface area contributed by atoms with Gasteiger partial charge in [-0.2, -0.15) is 0 Å². The van der Waals surface area contributed by atoms with E-state index in [0.29, 0.717) is 25.0 Å². The number of carboxylic acid groups (broad SMARTS) is 1. The number of allylic oxidation sites excluding steroid dienone is 5. The zero-order valence-electron chi connectivity index (χ0n) is 15.1. The van der Waals surface area contributed by atoms with E-state index in [9.17, 15) is 19.8 Å². The van der Waals surface area contributed by atoms with E-state index in [1.807, 2.05) is 12.2 Å². The van der Waals surface area contributed by atoms with Crippen molar-refractivity contribution < 1.29 is 24.9 Å². The number of unbranched alkanes of at least 4 members (excludes halogenated alkanes) is 2. The molecule has 5 heteroatoms. The van der Waals surface area contributed by atoms with Gasteiger partial charge in [-0.3, -0.25) is 9.59 Å². The molecular formula is C20H32O5. The van der Waals surface area contributed by atoms with Crippen molar-refractivity contribution in [2.75, 3.05) is 0 Å². The number of ketones is 1. The average Bonchev–Trinajstić information content (AvgIpc) is 2.56. The van der Waals surface area contributed by atoms with Crippen LogP contribution in [-0.2, 0) is 9.59 Å². The fourth-order valence-electron chi connectivity index (χ4n) is 2.18. The van der Waals surface area contributed by atoms with E-state index in [4.69, 9.17) is 5.11 Å². The topological polar surface area (TPSA) is 94.8 Å². The number of carbonyl (C=O) groups excluding carboxylic acids is 1. The Bertz CT molecular complexity index is 451. The molecule has 0 unspecified atom stereocenters. The van der Waals surface area contributed by atoms with Crippen molar-refractivity contribution in [3.8, 4) is 0 Å². The normalized spacial score (nSPS) is 14.5. The first-order valence-corrected chi connectivity index (χ1v) is 9.07. The van der Waals surface area contributed by atoms with Crippen molar-refractivity contribution in [1.82, 2.24) is 0 Å². The first-order chi connectivity index (χ1) is 12.0. The lowest BCUT2D eigenvalue weighted by Crippen LogP contribution is -2.23. The first-order valence-electron chi connectivity index (χ1n) is 9.07. The molecular weight excluding hydrogens is 320 g/mol. The Labute approximate surface area is 150 Å². The molecule has 0 aromatic rings. The zero-order chi connectivity index (χ0) is 18.9. The lowest BCUT2D eigenvalue weighted by atomic mass is 10.1. The van der Waals surface area contributed by atoms with Gasteiger partial charge in [-0.05, 0) is 25.7 Å². The second-order valence-electron chi connectivity index (χ2n) is 6.08. The maximum absolute atomic E-state index is 11.6. The number of hydrogen-bond acceptors (Lipinski definition) is 4. The van der Waals surface area contributed by atoms with Gasteiger partial charge in [0.15, 0.2) is 0 Å². The van der Waals surface area contributed by atoms with Crippen LogP contribution in [-0.4, -0.2) is 39.3 Å². The molecule has 2 atom stereocenters. The van der Waals surface area contributed by atoms with Crippen molar-refractivity contribution in [3.05, 3.63) is 36.5 Å². The molecule has 142 valence electrons. The monoisotopic (exact) mass is 352 g/mol. The highest BCUT2D eigenvalue weighted by Gasteiger charge is 2.12. The third kappa shape index (κ3) is 15.5. The van der Waals surface area contributed by atoms with E-state index >= 15 is 0 Å². The number of hydrogen-bond donors (Lipinski definition) is 3. The predicted molar refractivity (Wildman–Crippen MR) is 99.3 cm³/mol. The van der Waals surface area contributed by atoms with Gasteiger partial charge in [0.2, 0.25) is 0 Å². The highest BCUT2D eigenvalue weighted by molar-refractivity contribution is 5.78. The molecule has 0 spiro atoms. The summed E-state index contributed by atoms with van der Waals surface area (Å²) in [5.74, 6) is -0.600. The predicted octanol–water partition coefficient (Wildman–Crippen LogP) is 3.56. The van der Waals surface area contributed by atoms with Crippen LogP contribution < -0.4 is 0 Å². The molecule has 0 fully saturated rings. The van der Waals surface area contributed by atoms with Crippen LogP contribution in [0.1, 0.15) is 64.7 Å². The van der Waals surface area contributed by atoms with Crippen LogP contribution in [0.25, 0.3) is 0 Å². The van der Waals surface area contributed by atoms with E-state index in [1.54, 1.807) is 18.2 Å². The summed E-state index contributed by atoms with van der Waals surface area (Å²) in [5.41, 5.74) is 0. The number of Topliss-reactive ketones (excluding diaryl/α,β-unsaturated/α-hetero) is 1. The summed E-state index contributed by atoms with van der Waals surface area (Å²) in [6.45, 7) is 2.12. The van der Waals surface area contributed by atoms with E-state index in [1.165, 1.54) is 6.08 Å².